The molecule has 1 aromatic rings. The van der Waals surface area contributed by atoms with Crippen molar-refractivity contribution >= 4 is 11.6 Å². The summed E-state index contributed by atoms with van der Waals surface area (Å²) in [6, 6.07) is 3.80. The molecular weight excluding hydrogens is 266 g/mol. The van der Waals surface area contributed by atoms with Crippen LogP contribution in [-0.4, -0.2) is 35.6 Å². The number of aliphatic hydroxyl groups is 2. The molecule has 1 aliphatic rings. The van der Waals surface area contributed by atoms with Crippen molar-refractivity contribution in [3.8, 4) is 5.75 Å². The second kappa shape index (κ2) is 6.09. The van der Waals surface area contributed by atoms with Gasteiger partial charge >= 0.3 is 0 Å². The van der Waals surface area contributed by atoms with E-state index in [1.807, 2.05) is 19.1 Å². The van der Waals surface area contributed by atoms with Crippen LogP contribution in [0.25, 0.3) is 0 Å². The van der Waals surface area contributed by atoms with Gasteiger partial charge in [0.1, 0.15) is 5.75 Å². The van der Waals surface area contributed by atoms with Gasteiger partial charge in [-0.05, 0) is 24.1 Å². The first kappa shape index (κ1) is 14.6. The highest BCUT2D eigenvalue weighted by atomic mass is 35.5. The lowest BCUT2D eigenvalue weighted by molar-refractivity contribution is 0.0862. The molecule has 5 heteroatoms. The highest BCUT2D eigenvalue weighted by molar-refractivity contribution is 6.30. The zero-order valence-electron chi connectivity index (χ0n) is 11.1. The van der Waals surface area contributed by atoms with Crippen molar-refractivity contribution in [3.05, 3.63) is 28.3 Å². The summed E-state index contributed by atoms with van der Waals surface area (Å²) in [6.45, 7) is 2.91. The van der Waals surface area contributed by atoms with Crippen LogP contribution in [0.1, 0.15) is 24.5 Å². The number of hydrogen-bond donors (Lipinski definition) is 3. The number of aliphatic hydroxyl groups excluding tert-OH is 2. The Morgan fingerprint density at radius 2 is 2.11 bits per heavy atom. The molecule has 1 heterocycles. The summed E-state index contributed by atoms with van der Waals surface area (Å²) in [5.41, 5.74) is 1.44. The van der Waals surface area contributed by atoms with Gasteiger partial charge in [-0.25, -0.2) is 0 Å². The highest BCUT2D eigenvalue weighted by Gasteiger charge is 2.27. The van der Waals surface area contributed by atoms with Gasteiger partial charge in [-0.1, -0.05) is 18.5 Å². The van der Waals surface area contributed by atoms with Gasteiger partial charge in [-0.2, -0.15) is 0 Å². The first-order valence-corrected chi connectivity index (χ1v) is 6.93. The predicted molar refractivity (Wildman–Crippen MR) is 74.7 cm³/mol. The van der Waals surface area contributed by atoms with Crippen molar-refractivity contribution in [2.75, 3.05) is 19.8 Å². The quantitative estimate of drug-likeness (QED) is 0.741. The lowest BCUT2D eigenvalue weighted by Crippen LogP contribution is -2.50. The van der Waals surface area contributed by atoms with E-state index in [1.54, 1.807) is 0 Å². The first-order chi connectivity index (χ1) is 9.14. The SMILES string of the molecule is CCC(CO)(CO)NCc1cc(Cl)cc2c1OCC2. The highest BCUT2D eigenvalue weighted by Crippen LogP contribution is 2.33. The molecule has 1 aromatic carbocycles. The van der Waals surface area contributed by atoms with Crippen molar-refractivity contribution in [1.29, 1.82) is 0 Å². The summed E-state index contributed by atoms with van der Waals surface area (Å²) in [6.07, 6.45) is 1.52. The number of rotatable bonds is 6. The van der Waals surface area contributed by atoms with Crippen molar-refractivity contribution in [2.45, 2.75) is 31.8 Å². The van der Waals surface area contributed by atoms with E-state index in [4.69, 9.17) is 16.3 Å². The lowest BCUT2D eigenvalue weighted by Gasteiger charge is -2.30. The Hall–Kier alpha value is -0.810. The van der Waals surface area contributed by atoms with Crippen LogP contribution in [0.15, 0.2) is 12.1 Å². The fourth-order valence-corrected chi connectivity index (χ4v) is 2.53. The average molecular weight is 286 g/mol. The van der Waals surface area contributed by atoms with E-state index in [1.165, 1.54) is 0 Å². The first-order valence-electron chi connectivity index (χ1n) is 6.55. The number of fused-ring (bicyclic) bond motifs is 1. The largest absolute Gasteiger partial charge is 0.493 e. The third-order valence-corrected chi connectivity index (χ3v) is 3.98. The van der Waals surface area contributed by atoms with Gasteiger partial charge in [0, 0.05) is 23.6 Å². The van der Waals surface area contributed by atoms with Gasteiger partial charge in [0.15, 0.2) is 0 Å². The number of benzene rings is 1. The third-order valence-electron chi connectivity index (χ3n) is 3.76. The number of hydrogen-bond acceptors (Lipinski definition) is 4. The lowest BCUT2D eigenvalue weighted by atomic mass is 9.97. The van der Waals surface area contributed by atoms with Crippen LogP contribution < -0.4 is 10.1 Å². The van der Waals surface area contributed by atoms with Crippen molar-refractivity contribution in [2.24, 2.45) is 0 Å². The average Bonchev–Trinajstić information content (AvgIpc) is 2.88. The van der Waals surface area contributed by atoms with Gasteiger partial charge in [0.25, 0.3) is 0 Å². The van der Waals surface area contributed by atoms with E-state index in [0.717, 1.165) is 23.3 Å². The van der Waals surface area contributed by atoms with E-state index < -0.39 is 5.54 Å². The van der Waals surface area contributed by atoms with Crippen LogP contribution in [0.2, 0.25) is 5.02 Å². The van der Waals surface area contributed by atoms with E-state index in [-0.39, 0.29) is 13.2 Å². The summed E-state index contributed by atoms with van der Waals surface area (Å²) in [5.74, 6) is 0.887. The molecule has 106 valence electrons. The number of ether oxygens (including phenoxy) is 1. The maximum Gasteiger partial charge on any atom is 0.127 e. The molecule has 0 spiro atoms. The van der Waals surface area contributed by atoms with E-state index in [0.29, 0.717) is 24.6 Å². The van der Waals surface area contributed by atoms with Crippen LogP contribution in [0.4, 0.5) is 0 Å². The van der Waals surface area contributed by atoms with Gasteiger partial charge in [0.05, 0.1) is 25.4 Å². The van der Waals surface area contributed by atoms with E-state index in [2.05, 4.69) is 5.32 Å². The molecule has 0 amide bonds. The molecule has 0 aromatic heterocycles. The van der Waals surface area contributed by atoms with E-state index in [9.17, 15) is 10.2 Å². The third kappa shape index (κ3) is 3.03. The Balaban J connectivity index is 2.16. The van der Waals surface area contributed by atoms with Gasteiger partial charge in [-0.15, -0.1) is 0 Å². The fraction of sp³-hybridized carbons (Fsp3) is 0.571. The zero-order valence-corrected chi connectivity index (χ0v) is 11.8. The molecule has 3 N–H and O–H groups in total. The molecule has 0 saturated heterocycles. The summed E-state index contributed by atoms with van der Waals surface area (Å²) in [4.78, 5) is 0. The minimum absolute atomic E-state index is 0.108. The summed E-state index contributed by atoms with van der Waals surface area (Å²) >= 11 is 6.10. The molecule has 0 fully saturated rings. The normalized spacial score (nSPS) is 14.3. The molecule has 0 radical (unpaired) electrons. The van der Waals surface area contributed by atoms with Crippen molar-refractivity contribution in [3.63, 3.8) is 0 Å². The minimum Gasteiger partial charge on any atom is -0.493 e. The van der Waals surface area contributed by atoms with Crippen LogP contribution in [-0.2, 0) is 13.0 Å². The van der Waals surface area contributed by atoms with Crippen LogP contribution in [0, 0.1) is 0 Å². The van der Waals surface area contributed by atoms with Crippen molar-refractivity contribution in [1.82, 2.24) is 5.32 Å². The molecule has 4 nitrogen and oxygen atoms in total. The predicted octanol–water partition coefficient (Wildman–Crippen LogP) is 1.50. The van der Waals surface area contributed by atoms with Crippen LogP contribution in [0.5, 0.6) is 5.75 Å². The van der Waals surface area contributed by atoms with E-state index >= 15 is 0 Å². The minimum atomic E-state index is -0.659. The van der Waals surface area contributed by atoms with Crippen LogP contribution >= 0.6 is 11.6 Å². The Morgan fingerprint density at radius 1 is 1.37 bits per heavy atom. The molecule has 0 atom stereocenters. The topological polar surface area (TPSA) is 61.7 Å². The molecule has 2 rings (SSSR count). The fourth-order valence-electron chi connectivity index (χ4n) is 2.27. The second-order valence-electron chi connectivity index (χ2n) is 4.96. The number of halogens is 1. The maximum absolute atomic E-state index is 9.42. The van der Waals surface area contributed by atoms with Gasteiger partial charge in [0.2, 0.25) is 0 Å². The molecular formula is C14H20ClNO3. The molecule has 19 heavy (non-hydrogen) atoms. The summed E-state index contributed by atoms with van der Waals surface area (Å²) < 4.78 is 5.63. The standard InChI is InChI=1S/C14H20ClNO3/c1-2-14(8-17,9-18)16-7-11-6-12(15)5-10-3-4-19-13(10)11/h5-6,16-18H,2-4,7-9H2,1H3. The second-order valence-corrected chi connectivity index (χ2v) is 5.39. The monoisotopic (exact) mass is 285 g/mol. The van der Waals surface area contributed by atoms with Crippen LogP contribution in [0.3, 0.4) is 0 Å². The number of nitrogens with one attached hydrogen (secondary N) is 1. The van der Waals surface area contributed by atoms with Crippen molar-refractivity contribution < 1.29 is 14.9 Å². The van der Waals surface area contributed by atoms with Gasteiger partial charge < -0.3 is 20.3 Å². The smallest absolute Gasteiger partial charge is 0.127 e. The molecule has 0 aliphatic carbocycles. The maximum atomic E-state index is 9.42. The molecule has 1 aliphatic heterocycles. The Bertz CT molecular complexity index is 438. The molecule has 0 saturated carbocycles. The summed E-state index contributed by atoms with van der Waals surface area (Å²) in [7, 11) is 0. The Kier molecular flexibility index (Phi) is 4.68. The Labute approximate surface area is 118 Å². The Morgan fingerprint density at radius 3 is 2.74 bits per heavy atom. The molecule has 0 unspecified atom stereocenters. The molecule has 0 bridgehead atoms. The van der Waals surface area contributed by atoms with Gasteiger partial charge in [-0.3, -0.25) is 0 Å². The zero-order chi connectivity index (χ0) is 13.9. The summed E-state index contributed by atoms with van der Waals surface area (Å²) in [5, 5.41) is 22.8.